The number of hydrogen-bond acceptors (Lipinski definition) is 2. The summed E-state index contributed by atoms with van der Waals surface area (Å²) in [6.45, 7) is 10.4. The molecule has 1 aliphatic carbocycles. The fourth-order valence-electron chi connectivity index (χ4n) is 6.44. The van der Waals surface area contributed by atoms with Crippen molar-refractivity contribution in [1.29, 1.82) is 0 Å². The number of rotatable bonds is 15. The number of allylic oxidation sites excluding steroid dienone is 4. The Balaban J connectivity index is 1.39. The molecule has 4 heteroatoms. The van der Waals surface area contributed by atoms with Gasteiger partial charge in [0.2, 0.25) is 0 Å². The average molecular weight is 611 g/mol. The fraction of sp³-hybridized carbons (Fsp3) is 0.450. The fourth-order valence-corrected chi connectivity index (χ4v) is 6.56. The number of Topliss-reactive ketones (excluding diaryl/α,β-unsaturated/α-hetero) is 1. The molecular formula is C40H51ClN2O. The van der Waals surface area contributed by atoms with Gasteiger partial charge in [0.25, 0.3) is 0 Å². The van der Waals surface area contributed by atoms with Crippen LogP contribution in [0.1, 0.15) is 108 Å². The highest BCUT2D eigenvalue weighted by Crippen LogP contribution is 2.33. The van der Waals surface area contributed by atoms with Crippen LogP contribution < -0.4 is 0 Å². The number of carbonyl (C=O) groups excluding carboxylic acids is 1. The van der Waals surface area contributed by atoms with E-state index in [1.165, 1.54) is 56.9 Å². The minimum Gasteiger partial charge on any atom is -0.303 e. The van der Waals surface area contributed by atoms with Crippen LogP contribution in [0.5, 0.6) is 0 Å². The normalized spacial score (nSPS) is 17.6. The van der Waals surface area contributed by atoms with Gasteiger partial charge in [-0.25, -0.2) is 4.98 Å². The monoisotopic (exact) mass is 610 g/mol. The van der Waals surface area contributed by atoms with Crippen LogP contribution in [-0.2, 0) is 11.2 Å². The van der Waals surface area contributed by atoms with E-state index < -0.39 is 0 Å². The first-order valence-electron chi connectivity index (χ1n) is 16.8. The summed E-state index contributed by atoms with van der Waals surface area (Å²) >= 11 is 6.30. The Bertz CT molecular complexity index is 1430. The number of unbranched alkanes of at least 4 members (excludes halogenated alkanes) is 2. The molecule has 3 aromatic rings. The molecule has 44 heavy (non-hydrogen) atoms. The van der Waals surface area contributed by atoms with E-state index in [2.05, 4.69) is 61.4 Å². The first-order valence-corrected chi connectivity index (χ1v) is 17.2. The Morgan fingerprint density at radius 3 is 2.57 bits per heavy atom. The second-order valence-corrected chi connectivity index (χ2v) is 13.0. The first kappa shape index (κ1) is 33.7. The molecule has 4 rings (SSSR count). The summed E-state index contributed by atoms with van der Waals surface area (Å²) in [5.41, 5.74) is 6.44. The number of carbonyl (C=O) groups is 1. The predicted molar refractivity (Wildman–Crippen MR) is 189 cm³/mol. The van der Waals surface area contributed by atoms with E-state index in [4.69, 9.17) is 16.6 Å². The summed E-state index contributed by atoms with van der Waals surface area (Å²) in [5.74, 6) is 2.31. The summed E-state index contributed by atoms with van der Waals surface area (Å²) in [5, 5.41) is 0.742. The molecular weight excluding hydrogens is 560 g/mol. The number of nitrogens with zero attached hydrogens (tertiary/aromatic N) is 2. The Morgan fingerprint density at radius 2 is 1.84 bits per heavy atom. The summed E-state index contributed by atoms with van der Waals surface area (Å²) in [4.78, 5) is 18.5. The van der Waals surface area contributed by atoms with Crippen LogP contribution in [0.25, 0.3) is 23.0 Å². The van der Waals surface area contributed by atoms with Crippen molar-refractivity contribution in [2.45, 2.75) is 104 Å². The van der Waals surface area contributed by atoms with Crippen molar-refractivity contribution >= 4 is 23.5 Å². The molecule has 0 radical (unpaired) electrons. The molecule has 1 fully saturated rings. The van der Waals surface area contributed by atoms with Crippen LogP contribution in [-0.4, -0.2) is 15.3 Å². The van der Waals surface area contributed by atoms with Crippen molar-refractivity contribution in [2.24, 2.45) is 11.8 Å². The van der Waals surface area contributed by atoms with Gasteiger partial charge in [0.15, 0.2) is 0 Å². The Hall–Kier alpha value is -3.17. The Labute approximate surface area is 271 Å². The van der Waals surface area contributed by atoms with Gasteiger partial charge in [-0.05, 0) is 86.3 Å². The molecule has 1 aliphatic rings. The Morgan fingerprint density at radius 1 is 1.07 bits per heavy atom. The third-order valence-corrected chi connectivity index (χ3v) is 9.51. The van der Waals surface area contributed by atoms with Gasteiger partial charge in [0, 0.05) is 28.9 Å². The van der Waals surface area contributed by atoms with E-state index >= 15 is 0 Å². The molecule has 0 bridgehead atoms. The van der Waals surface area contributed by atoms with Gasteiger partial charge in [-0.2, -0.15) is 0 Å². The number of benzene rings is 2. The molecule has 3 nitrogen and oxygen atoms in total. The van der Waals surface area contributed by atoms with Crippen LogP contribution in [0.2, 0.25) is 5.02 Å². The average Bonchev–Trinajstić information content (AvgIpc) is 3.31. The van der Waals surface area contributed by atoms with Crippen LogP contribution in [0.4, 0.5) is 0 Å². The topological polar surface area (TPSA) is 34.9 Å². The Kier molecular flexibility index (Phi) is 13.3. The van der Waals surface area contributed by atoms with Crippen molar-refractivity contribution in [1.82, 2.24) is 9.55 Å². The zero-order chi connectivity index (χ0) is 31.3. The van der Waals surface area contributed by atoms with E-state index in [1.54, 1.807) is 0 Å². The van der Waals surface area contributed by atoms with Crippen molar-refractivity contribution in [3.05, 3.63) is 101 Å². The van der Waals surface area contributed by atoms with E-state index in [9.17, 15) is 4.79 Å². The van der Waals surface area contributed by atoms with Crippen LogP contribution in [0.3, 0.4) is 0 Å². The van der Waals surface area contributed by atoms with E-state index in [0.29, 0.717) is 18.8 Å². The maximum absolute atomic E-state index is 13.5. The van der Waals surface area contributed by atoms with Crippen molar-refractivity contribution in [3.63, 3.8) is 0 Å². The second-order valence-electron chi connectivity index (χ2n) is 12.6. The summed E-state index contributed by atoms with van der Waals surface area (Å²) < 4.78 is 2.07. The van der Waals surface area contributed by atoms with Gasteiger partial charge < -0.3 is 4.57 Å². The predicted octanol–water partition coefficient (Wildman–Crippen LogP) is 11.7. The van der Waals surface area contributed by atoms with Gasteiger partial charge in [-0.3, -0.25) is 4.79 Å². The number of imidazole rings is 1. The third kappa shape index (κ3) is 9.92. The molecule has 2 aromatic carbocycles. The van der Waals surface area contributed by atoms with Gasteiger partial charge in [0.05, 0.1) is 12.1 Å². The molecule has 0 aliphatic heterocycles. The van der Waals surface area contributed by atoms with E-state index in [0.717, 1.165) is 64.1 Å². The lowest BCUT2D eigenvalue weighted by Crippen LogP contribution is -2.13. The van der Waals surface area contributed by atoms with Crippen molar-refractivity contribution in [3.8, 4) is 16.9 Å². The quantitative estimate of drug-likeness (QED) is 0.0974. The van der Waals surface area contributed by atoms with Gasteiger partial charge >= 0.3 is 0 Å². The van der Waals surface area contributed by atoms with Crippen molar-refractivity contribution < 1.29 is 4.79 Å². The highest BCUT2D eigenvalue weighted by atomic mass is 35.5. The van der Waals surface area contributed by atoms with E-state index in [-0.39, 0.29) is 5.78 Å². The molecule has 234 valence electrons. The minimum atomic E-state index is 0.284. The molecule has 2 atom stereocenters. The lowest BCUT2D eigenvalue weighted by molar-refractivity contribution is -0.119. The molecule has 2 unspecified atom stereocenters. The molecule has 0 N–H and O–H groups in total. The van der Waals surface area contributed by atoms with Gasteiger partial charge in [0.1, 0.15) is 11.6 Å². The molecule has 1 saturated carbocycles. The summed E-state index contributed by atoms with van der Waals surface area (Å²) in [6, 6.07) is 14.2. The highest BCUT2D eigenvalue weighted by molar-refractivity contribution is 6.31. The molecule has 1 aromatic heterocycles. The smallest absolute Gasteiger partial charge is 0.140 e. The molecule has 0 spiro atoms. The van der Waals surface area contributed by atoms with Crippen molar-refractivity contribution in [2.75, 3.05) is 0 Å². The lowest BCUT2D eigenvalue weighted by atomic mass is 9.90. The number of ketones is 1. The number of aryl methyl sites for hydroxylation is 1. The molecule has 0 amide bonds. The van der Waals surface area contributed by atoms with Gasteiger partial charge in [-0.15, -0.1) is 0 Å². The van der Waals surface area contributed by atoms with Crippen LogP contribution in [0, 0.1) is 18.8 Å². The largest absolute Gasteiger partial charge is 0.303 e. The van der Waals surface area contributed by atoms with Crippen LogP contribution in [0.15, 0.2) is 79.0 Å². The highest BCUT2D eigenvalue weighted by Gasteiger charge is 2.23. The standard InChI is InChI=1S/C40H51ClN2O/c1-5-8-9-10-13-32(12-6-2)16-17-33-14-11-15-34(19-18-33)27-37(44)28-40-42-39(35-22-25-38(41)30(4)26-35)29-43(40)36-23-20-31(7-3)21-24-36/h7,10,12-13,20-26,29,33-34H,3,5-6,8-9,11,14-19,27-28H2,1-2,4H3. The number of aromatic nitrogens is 2. The van der Waals surface area contributed by atoms with E-state index in [1.807, 2.05) is 43.5 Å². The SMILES string of the molecule is C=Cc1ccc(-n2cc(-c3ccc(Cl)c(C)c3)nc2CC(=O)CC2CCCC(CCC(C=CCCCC)=CCC)CC2)cc1. The maximum atomic E-state index is 13.5. The number of halogens is 1. The first-order chi connectivity index (χ1) is 21.4. The van der Waals surface area contributed by atoms with Crippen LogP contribution >= 0.6 is 11.6 Å². The molecule has 0 saturated heterocycles. The zero-order valence-electron chi connectivity index (χ0n) is 27.2. The molecule has 1 heterocycles. The summed E-state index contributed by atoms with van der Waals surface area (Å²) in [7, 11) is 0. The maximum Gasteiger partial charge on any atom is 0.140 e. The third-order valence-electron chi connectivity index (χ3n) is 9.08. The number of hydrogen-bond donors (Lipinski definition) is 0. The van der Waals surface area contributed by atoms with Gasteiger partial charge in [-0.1, -0.05) is 119 Å². The minimum absolute atomic E-state index is 0.284. The summed E-state index contributed by atoms with van der Waals surface area (Å²) in [6.07, 6.45) is 25.3. The second kappa shape index (κ2) is 17.4. The lowest BCUT2D eigenvalue weighted by Gasteiger charge is -2.16. The zero-order valence-corrected chi connectivity index (χ0v) is 27.9.